The summed E-state index contributed by atoms with van der Waals surface area (Å²) in [6, 6.07) is 12.3. The molecule has 1 N–H and O–H groups in total. The third-order valence-corrected chi connectivity index (χ3v) is 5.81. The number of benzene rings is 1. The smallest absolute Gasteiger partial charge is 0.274 e. The number of ether oxygens (including phenoxy) is 1. The molecule has 4 rings (SSSR count). The Bertz CT molecular complexity index is 1100. The molecule has 3 heterocycles. The standard InChI is InChI=1S/C22H22N4O4S/c1-15(27)16-4-2-5-17(12-16)23-21(28)14-26-19(20-6-3-11-31-20)13-18(24-26)22(29)25-7-9-30-10-8-25/h2-6,11-13H,7-10,14H2,1H3,(H,23,28). The largest absolute Gasteiger partial charge is 0.378 e. The van der Waals surface area contributed by atoms with Crippen LogP contribution in [0.2, 0.25) is 0 Å². The number of rotatable bonds is 6. The quantitative estimate of drug-likeness (QED) is 0.598. The van der Waals surface area contributed by atoms with E-state index in [1.165, 1.54) is 18.3 Å². The molecule has 1 fully saturated rings. The van der Waals surface area contributed by atoms with Gasteiger partial charge < -0.3 is 15.0 Å². The van der Waals surface area contributed by atoms with Crippen molar-refractivity contribution in [1.82, 2.24) is 14.7 Å². The lowest BCUT2D eigenvalue weighted by Crippen LogP contribution is -2.40. The van der Waals surface area contributed by atoms with Crippen LogP contribution in [0.1, 0.15) is 27.8 Å². The average molecular weight is 439 g/mol. The van der Waals surface area contributed by atoms with Gasteiger partial charge in [0.1, 0.15) is 6.54 Å². The lowest BCUT2D eigenvalue weighted by atomic mass is 10.1. The topological polar surface area (TPSA) is 93.5 Å². The minimum absolute atomic E-state index is 0.0616. The molecule has 3 aromatic rings. The molecule has 31 heavy (non-hydrogen) atoms. The van der Waals surface area contributed by atoms with Crippen LogP contribution < -0.4 is 5.32 Å². The van der Waals surface area contributed by atoms with Gasteiger partial charge in [0, 0.05) is 24.3 Å². The van der Waals surface area contributed by atoms with Gasteiger partial charge in [0.2, 0.25) is 5.91 Å². The Morgan fingerprint density at radius 3 is 2.65 bits per heavy atom. The van der Waals surface area contributed by atoms with Crippen LogP contribution in [0.25, 0.3) is 10.6 Å². The number of aromatic nitrogens is 2. The molecule has 0 atom stereocenters. The molecule has 1 saturated heterocycles. The third kappa shape index (κ3) is 4.89. The minimum Gasteiger partial charge on any atom is -0.378 e. The summed E-state index contributed by atoms with van der Waals surface area (Å²) >= 11 is 1.51. The highest BCUT2D eigenvalue weighted by atomic mass is 32.1. The van der Waals surface area contributed by atoms with Crippen LogP contribution in [-0.4, -0.2) is 58.6 Å². The predicted molar refractivity (Wildman–Crippen MR) is 117 cm³/mol. The fourth-order valence-corrected chi connectivity index (χ4v) is 4.09. The summed E-state index contributed by atoms with van der Waals surface area (Å²) < 4.78 is 6.86. The Labute approximate surface area is 183 Å². The molecule has 160 valence electrons. The fraction of sp³-hybridized carbons (Fsp3) is 0.273. The molecule has 0 bridgehead atoms. The molecule has 8 nitrogen and oxygen atoms in total. The normalized spacial score (nSPS) is 13.8. The van der Waals surface area contributed by atoms with Crippen LogP contribution in [0.15, 0.2) is 47.8 Å². The van der Waals surface area contributed by atoms with E-state index in [0.717, 1.165) is 4.88 Å². The highest BCUT2D eigenvalue weighted by Gasteiger charge is 2.23. The zero-order valence-electron chi connectivity index (χ0n) is 17.0. The van der Waals surface area contributed by atoms with Gasteiger partial charge in [0.25, 0.3) is 5.91 Å². The second kappa shape index (κ2) is 9.23. The molecule has 2 aromatic heterocycles. The minimum atomic E-state index is -0.299. The maximum Gasteiger partial charge on any atom is 0.274 e. The first-order valence-electron chi connectivity index (χ1n) is 9.91. The van der Waals surface area contributed by atoms with E-state index in [1.54, 1.807) is 39.9 Å². The number of morpholine rings is 1. The number of carbonyl (C=O) groups excluding carboxylic acids is 3. The van der Waals surface area contributed by atoms with E-state index in [9.17, 15) is 14.4 Å². The van der Waals surface area contributed by atoms with Gasteiger partial charge >= 0.3 is 0 Å². The van der Waals surface area contributed by atoms with Crippen molar-refractivity contribution >= 4 is 34.6 Å². The van der Waals surface area contributed by atoms with Gasteiger partial charge in [-0.2, -0.15) is 5.10 Å². The SMILES string of the molecule is CC(=O)c1cccc(NC(=O)Cn2nc(C(=O)N3CCOCC3)cc2-c2cccs2)c1. The van der Waals surface area contributed by atoms with Crippen molar-refractivity contribution in [3.63, 3.8) is 0 Å². The Kier molecular flexibility index (Phi) is 6.24. The molecule has 9 heteroatoms. The summed E-state index contributed by atoms with van der Waals surface area (Å²) in [6.07, 6.45) is 0. The molecular formula is C22H22N4O4S. The molecule has 0 aliphatic carbocycles. The van der Waals surface area contributed by atoms with Crippen LogP contribution in [0, 0.1) is 0 Å². The van der Waals surface area contributed by atoms with Crippen LogP contribution in [0.5, 0.6) is 0 Å². The molecule has 2 amide bonds. The van der Waals surface area contributed by atoms with Crippen molar-refractivity contribution in [3.8, 4) is 10.6 Å². The highest BCUT2D eigenvalue weighted by Crippen LogP contribution is 2.26. The van der Waals surface area contributed by atoms with Gasteiger partial charge in [-0.15, -0.1) is 11.3 Å². The van der Waals surface area contributed by atoms with E-state index in [2.05, 4.69) is 10.4 Å². The molecule has 0 radical (unpaired) electrons. The molecule has 0 spiro atoms. The number of nitrogens with zero attached hydrogens (tertiary/aromatic N) is 3. The molecule has 0 saturated carbocycles. The van der Waals surface area contributed by atoms with Gasteiger partial charge in [0.15, 0.2) is 11.5 Å². The third-order valence-electron chi connectivity index (χ3n) is 4.92. The van der Waals surface area contributed by atoms with Crippen LogP contribution in [-0.2, 0) is 16.1 Å². The lowest BCUT2D eigenvalue weighted by Gasteiger charge is -2.25. The van der Waals surface area contributed by atoms with Crippen LogP contribution in [0.4, 0.5) is 5.69 Å². The number of hydrogen-bond acceptors (Lipinski definition) is 6. The highest BCUT2D eigenvalue weighted by molar-refractivity contribution is 7.13. The van der Waals surface area contributed by atoms with Gasteiger partial charge in [-0.3, -0.25) is 19.1 Å². The van der Waals surface area contributed by atoms with Crippen LogP contribution >= 0.6 is 11.3 Å². The number of hydrogen-bond donors (Lipinski definition) is 1. The lowest BCUT2D eigenvalue weighted by molar-refractivity contribution is -0.116. The summed E-state index contributed by atoms with van der Waals surface area (Å²) in [6.45, 7) is 3.47. The maximum atomic E-state index is 12.9. The van der Waals surface area contributed by atoms with Crippen molar-refractivity contribution in [2.24, 2.45) is 0 Å². The van der Waals surface area contributed by atoms with Gasteiger partial charge in [-0.1, -0.05) is 18.2 Å². The van der Waals surface area contributed by atoms with Crippen LogP contribution in [0.3, 0.4) is 0 Å². The van der Waals surface area contributed by atoms with E-state index in [4.69, 9.17) is 4.74 Å². The van der Waals surface area contributed by atoms with E-state index in [-0.39, 0.29) is 24.1 Å². The summed E-state index contributed by atoms with van der Waals surface area (Å²) in [7, 11) is 0. The molecule has 1 aliphatic heterocycles. The second-order valence-corrected chi connectivity index (χ2v) is 8.09. The number of carbonyl (C=O) groups is 3. The van der Waals surface area contributed by atoms with E-state index in [0.29, 0.717) is 48.9 Å². The van der Waals surface area contributed by atoms with E-state index < -0.39 is 0 Å². The number of anilines is 1. The Morgan fingerprint density at radius 1 is 1.13 bits per heavy atom. The van der Waals surface area contributed by atoms with Crippen molar-refractivity contribution in [2.45, 2.75) is 13.5 Å². The summed E-state index contributed by atoms with van der Waals surface area (Å²) in [5, 5.41) is 9.18. The zero-order valence-corrected chi connectivity index (χ0v) is 17.9. The fourth-order valence-electron chi connectivity index (χ4n) is 3.35. The van der Waals surface area contributed by atoms with E-state index in [1.807, 2.05) is 17.5 Å². The Hall–Kier alpha value is -3.30. The molecule has 0 unspecified atom stereocenters. The Morgan fingerprint density at radius 2 is 1.94 bits per heavy atom. The first-order valence-corrected chi connectivity index (χ1v) is 10.8. The van der Waals surface area contributed by atoms with Crippen molar-refractivity contribution < 1.29 is 19.1 Å². The average Bonchev–Trinajstić information content (AvgIpc) is 3.44. The summed E-state index contributed by atoms with van der Waals surface area (Å²) in [4.78, 5) is 39.8. The zero-order chi connectivity index (χ0) is 21.8. The summed E-state index contributed by atoms with van der Waals surface area (Å²) in [5.41, 5.74) is 2.07. The number of Topliss-reactive ketones (excluding diaryl/α,β-unsaturated/α-hetero) is 1. The number of ketones is 1. The molecule has 1 aliphatic rings. The first-order chi connectivity index (χ1) is 15.0. The predicted octanol–water partition coefficient (Wildman–Crippen LogP) is 2.93. The van der Waals surface area contributed by atoms with Gasteiger partial charge in [0.05, 0.1) is 23.8 Å². The number of amides is 2. The Balaban J connectivity index is 1.55. The summed E-state index contributed by atoms with van der Waals surface area (Å²) in [5.74, 6) is -0.546. The monoisotopic (exact) mass is 438 g/mol. The number of thiophene rings is 1. The van der Waals surface area contributed by atoms with Gasteiger partial charge in [-0.25, -0.2) is 0 Å². The van der Waals surface area contributed by atoms with Crippen molar-refractivity contribution in [3.05, 3.63) is 59.1 Å². The van der Waals surface area contributed by atoms with Gasteiger partial charge in [-0.05, 0) is 36.6 Å². The molecular weight excluding hydrogens is 416 g/mol. The molecule has 1 aromatic carbocycles. The van der Waals surface area contributed by atoms with Crippen molar-refractivity contribution in [1.29, 1.82) is 0 Å². The maximum absolute atomic E-state index is 12.9. The first kappa shape index (κ1) is 21.0. The van der Waals surface area contributed by atoms with Crippen molar-refractivity contribution in [2.75, 3.05) is 31.6 Å². The second-order valence-electron chi connectivity index (χ2n) is 7.14. The van der Waals surface area contributed by atoms with E-state index >= 15 is 0 Å². The number of nitrogens with one attached hydrogen (secondary N) is 1.